The third-order valence-electron chi connectivity index (χ3n) is 8.75. The summed E-state index contributed by atoms with van der Waals surface area (Å²) in [5.41, 5.74) is 2.38. The Labute approximate surface area is 264 Å². The van der Waals surface area contributed by atoms with E-state index in [-0.39, 0.29) is 41.3 Å². The van der Waals surface area contributed by atoms with Crippen LogP contribution in [-0.4, -0.2) is 47.0 Å². The van der Waals surface area contributed by atoms with E-state index in [1.165, 1.54) is 4.57 Å². The number of carbonyl (C=O) groups is 2. The molecule has 232 valence electrons. The molecule has 10 heteroatoms. The first-order valence-corrected chi connectivity index (χ1v) is 18.6. The summed E-state index contributed by atoms with van der Waals surface area (Å²) in [7, 11) is -2.01. The standard InChI is InChI=1S/C34H41ClN4O4Si/c1-7-29(40)31-30(22-11-9-8-10-12-22)27-19-23(35)13-16-26(27)33(42)38(31)21-25-20-28(32(41)36-24-14-15-24)39(37-25)17-18-43-44(5,6)34(2,3)4/h8-13,16,19-20,24H,7,14-15,17-18,21H2,1-6H3,(H,36,41). The summed E-state index contributed by atoms with van der Waals surface area (Å²) >= 11 is 6.40. The minimum absolute atomic E-state index is 0.0259. The minimum Gasteiger partial charge on any atom is -0.415 e. The fourth-order valence-corrected chi connectivity index (χ4v) is 6.28. The average Bonchev–Trinajstić information content (AvgIpc) is 3.70. The number of fused-ring (bicyclic) bond motifs is 1. The Morgan fingerprint density at radius 3 is 2.41 bits per heavy atom. The van der Waals surface area contributed by atoms with Crippen LogP contribution in [0.15, 0.2) is 59.4 Å². The number of hydrogen-bond donors (Lipinski definition) is 1. The minimum atomic E-state index is -2.01. The zero-order chi connectivity index (χ0) is 31.8. The van der Waals surface area contributed by atoms with E-state index in [9.17, 15) is 14.4 Å². The van der Waals surface area contributed by atoms with Gasteiger partial charge in [0, 0.05) is 28.4 Å². The van der Waals surface area contributed by atoms with Gasteiger partial charge in [-0.15, -0.1) is 0 Å². The number of halogens is 1. The summed E-state index contributed by atoms with van der Waals surface area (Å²) < 4.78 is 9.57. The van der Waals surface area contributed by atoms with Gasteiger partial charge in [0.2, 0.25) is 0 Å². The number of nitrogens with one attached hydrogen (secondary N) is 1. The number of aromatic nitrogens is 3. The van der Waals surface area contributed by atoms with E-state index >= 15 is 0 Å². The Morgan fingerprint density at radius 1 is 1.07 bits per heavy atom. The van der Waals surface area contributed by atoms with Crippen molar-refractivity contribution in [2.24, 2.45) is 0 Å². The Balaban J connectivity index is 1.61. The summed E-state index contributed by atoms with van der Waals surface area (Å²) in [6.45, 7) is 13.6. The van der Waals surface area contributed by atoms with E-state index in [1.54, 1.807) is 35.9 Å². The van der Waals surface area contributed by atoms with Crippen molar-refractivity contribution in [3.63, 3.8) is 0 Å². The van der Waals surface area contributed by atoms with E-state index in [0.29, 0.717) is 51.6 Å². The van der Waals surface area contributed by atoms with Crippen molar-refractivity contribution in [3.8, 4) is 11.1 Å². The molecular weight excluding hydrogens is 592 g/mol. The molecule has 0 saturated heterocycles. The molecule has 1 saturated carbocycles. The molecule has 0 spiro atoms. The van der Waals surface area contributed by atoms with Crippen molar-refractivity contribution in [1.29, 1.82) is 0 Å². The quantitative estimate of drug-likeness (QED) is 0.141. The molecule has 5 rings (SSSR count). The number of rotatable bonds is 11. The second-order valence-corrected chi connectivity index (χ2v) is 18.3. The molecule has 1 aliphatic carbocycles. The van der Waals surface area contributed by atoms with Crippen molar-refractivity contribution in [2.75, 3.05) is 6.61 Å². The van der Waals surface area contributed by atoms with Crippen LogP contribution in [0.2, 0.25) is 23.2 Å². The SMILES string of the molecule is CCC(=O)c1c(-c2ccccc2)c2cc(Cl)ccc2c(=O)n1Cc1cc(C(=O)NC2CC2)n(CCO[Si](C)(C)C(C)(C)C)n1. The highest BCUT2D eigenvalue weighted by atomic mass is 35.5. The molecule has 0 unspecified atom stereocenters. The first kappa shape index (κ1) is 31.9. The van der Waals surface area contributed by atoms with Crippen molar-refractivity contribution in [1.82, 2.24) is 19.7 Å². The van der Waals surface area contributed by atoms with Crippen LogP contribution in [0.25, 0.3) is 21.9 Å². The topological polar surface area (TPSA) is 95.2 Å². The van der Waals surface area contributed by atoms with Gasteiger partial charge in [0.05, 0.1) is 31.1 Å². The second kappa shape index (κ2) is 12.5. The van der Waals surface area contributed by atoms with Crippen LogP contribution in [0.4, 0.5) is 0 Å². The molecule has 8 nitrogen and oxygen atoms in total. The van der Waals surface area contributed by atoms with Crippen LogP contribution in [0.3, 0.4) is 0 Å². The highest BCUT2D eigenvalue weighted by Crippen LogP contribution is 2.37. The average molecular weight is 633 g/mol. The number of pyridine rings is 1. The monoisotopic (exact) mass is 632 g/mol. The van der Waals surface area contributed by atoms with Crippen LogP contribution in [0, 0.1) is 0 Å². The highest BCUT2D eigenvalue weighted by molar-refractivity contribution is 6.74. The third kappa shape index (κ3) is 6.60. The highest BCUT2D eigenvalue weighted by Gasteiger charge is 2.37. The van der Waals surface area contributed by atoms with Crippen LogP contribution < -0.4 is 10.9 Å². The van der Waals surface area contributed by atoms with Gasteiger partial charge in [0.1, 0.15) is 5.69 Å². The predicted molar refractivity (Wildman–Crippen MR) is 178 cm³/mol. The maximum atomic E-state index is 14.1. The summed E-state index contributed by atoms with van der Waals surface area (Å²) in [6.07, 6.45) is 2.13. The normalized spacial score (nSPS) is 13.8. The van der Waals surface area contributed by atoms with Crippen molar-refractivity contribution in [2.45, 2.75) is 84.2 Å². The largest absolute Gasteiger partial charge is 0.415 e. The molecule has 1 amide bonds. The number of benzene rings is 2. The molecule has 2 heterocycles. The molecule has 2 aromatic heterocycles. The lowest BCUT2D eigenvalue weighted by atomic mass is 9.94. The summed E-state index contributed by atoms with van der Waals surface area (Å²) in [5, 5.41) is 9.47. The Bertz CT molecular complexity index is 1770. The van der Waals surface area contributed by atoms with Gasteiger partial charge < -0.3 is 9.74 Å². The van der Waals surface area contributed by atoms with Crippen molar-refractivity contribution < 1.29 is 14.0 Å². The van der Waals surface area contributed by atoms with Crippen LogP contribution in [0.1, 0.15) is 73.6 Å². The molecule has 1 aliphatic rings. The van der Waals surface area contributed by atoms with E-state index in [4.69, 9.17) is 21.1 Å². The van der Waals surface area contributed by atoms with Gasteiger partial charge in [-0.1, -0.05) is 69.6 Å². The molecule has 44 heavy (non-hydrogen) atoms. The molecule has 0 atom stereocenters. The number of hydrogen-bond acceptors (Lipinski definition) is 5. The molecule has 0 bridgehead atoms. The molecule has 2 aromatic carbocycles. The lowest BCUT2D eigenvalue weighted by molar-refractivity contribution is 0.0937. The summed E-state index contributed by atoms with van der Waals surface area (Å²) in [4.78, 5) is 41.0. The molecule has 1 fully saturated rings. The van der Waals surface area contributed by atoms with Gasteiger partial charge >= 0.3 is 0 Å². The Hall–Kier alpha value is -3.53. The van der Waals surface area contributed by atoms with Gasteiger partial charge in [0.15, 0.2) is 14.1 Å². The first-order valence-electron chi connectivity index (χ1n) is 15.3. The Morgan fingerprint density at radius 2 is 1.77 bits per heavy atom. The number of amides is 1. The second-order valence-electron chi connectivity index (χ2n) is 13.0. The molecule has 4 aromatic rings. The summed E-state index contributed by atoms with van der Waals surface area (Å²) in [5.74, 6) is -0.370. The molecule has 0 radical (unpaired) electrons. The van der Waals surface area contributed by atoms with E-state index in [2.05, 4.69) is 39.2 Å². The molecular formula is C34H41ClN4O4Si. The maximum absolute atomic E-state index is 14.1. The van der Waals surface area contributed by atoms with Gasteiger partial charge in [-0.25, -0.2) is 0 Å². The number of carbonyl (C=O) groups excluding carboxylic acids is 2. The number of ketones is 1. The summed E-state index contributed by atoms with van der Waals surface area (Å²) in [6, 6.07) is 16.6. The fraction of sp³-hybridized carbons (Fsp3) is 0.412. The lowest BCUT2D eigenvalue weighted by Crippen LogP contribution is -2.41. The molecule has 0 aliphatic heterocycles. The van der Waals surface area contributed by atoms with Crippen LogP contribution in [0.5, 0.6) is 0 Å². The van der Waals surface area contributed by atoms with E-state index in [0.717, 1.165) is 18.4 Å². The molecule has 1 N–H and O–H groups in total. The van der Waals surface area contributed by atoms with Gasteiger partial charge in [-0.2, -0.15) is 5.10 Å². The lowest BCUT2D eigenvalue weighted by Gasteiger charge is -2.36. The van der Waals surface area contributed by atoms with Crippen molar-refractivity contribution >= 4 is 42.4 Å². The van der Waals surface area contributed by atoms with Gasteiger partial charge in [0.25, 0.3) is 11.5 Å². The van der Waals surface area contributed by atoms with Crippen molar-refractivity contribution in [3.05, 3.63) is 87.1 Å². The first-order chi connectivity index (χ1) is 20.8. The van der Waals surface area contributed by atoms with Crippen LogP contribution >= 0.6 is 11.6 Å². The van der Waals surface area contributed by atoms with Crippen LogP contribution in [-0.2, 0) is 17.5 Å². The maximum Gasteiger partial charge on any atom is 0.269 e. The third-order valence-corrected chi connectivity index (χ3v) is 13.5. The zero-order valence-electron chi connectivity index (χ0n) is 26.4. The van der Waals surface area contributed by atoms with Gasteiger partial charge in [-0.05, 0) is 66.2 Å². The Kier molecular flexibility index (Phi) is 9.03. The van der Waals surface area contributed by atoms with Gasteiger partial charge in [-0.3, -0.25) is 23.6 Å². The van der Waals surface area contributed by atoms with E-state index < -0.39 is 8.32 Å². The smallest absolute Gasteiger partial charge is 0.269 e. The number of Topliss-reactive ketones (excluding diaryl/α,β-unsaturated/α-hetero) is 1. The fourth-order valence-electron chi connectivity index (χ4n) is 5.08. The predicted octanol–water partition coefficient (Wildman–Crippen LogP) is 7.07. The zero-order valence-corrected chi connectivity index (χ0v) is 28.1. The van der Waals surface area contributed by atoms with E-state index in [1.807, 2.05) is 30.3 Å². The number of nitrogens with zero attached hydrogens (tertiary/aromatic N) is 3.